The van der Waals surface area contributed by atoms with E-state index in [0.717, 1.165) is 38.5 Å². The summed E-state index contributed by atoms with van der Waals surface area (Å²) in [5.41, 5.74) is 1.61. The van der Waals surface area contributed by atoms with E-state index >= 15 is 0 Å². The van der Waals surface area contributed by atoms with Gasteiger partial charge in [0.05, 0.1) is 11.7 Å². The van der Waals surface area contributed by atoms with Gasteiger partial charge in [-0.3, -0.25) is 4.79 Å². The third-order valence-electron chi connectivity index (χ3n) is 8.15. The molecule has 0 amide bonds. The van der Waals surface area contributed by atoms with Gasteiger partial charge in [-0.2, -0.15) is 5.26 Å². The molecule has 25 heavy (non-hydrogen) atoms. The Morgan fingerprint density at radius 2 is 1.96 bits per heavy atom. The maximum atomic E-state index is 13.3. The Hall–Kier alpha value is -1.40. The fourth-order valence-electron chi connectivity index (χ4n) is 6.86. The van der Waals surface area contributed by atoms with E-state index in [1.165, 1.54) is 11.1 Å². The zero-order valence-electron chi connectivity index (χ0n) is 15.6. The number of nitriles is 1. The van der Waals surface area contributed by atoms with Crippen LogP contribution in [0.5, 0.6) is 0 Å². The van der Waals surface area contributed by atoms with E-state index < -0.39 is 5.60 Å². The Kier molecular flexibility index (Phi) is 3.61. The summed E-state index contributed by atoms with van der Waals surface area (Å²) in [6.07, 6.45) is 10.1. The van der Waals surface area contributed by atoms with Crippen molar-refractivity contribution in [2.24, 2.45) is 28.6 Å². The maximum absolute atomic E-state index is 13.3. The summed E-state index contributed by atoms with van der Waals surface area (Å²) in [6, 6.07) is 2.21. The Balaban J connectivity index is 1.74. The highest BCUT2D eigenvalue weighted by Gasteiger charge is 2.61. The molecule has 0 bridgehead atoms. The van der Waals surface area contributed by atoms with Crippen molar-refractivity contribution >= 4 is 5.78 Å². The van der Waals surface area contributed by atoms with Crippen molar-refractivity contribution < 1.29 is 9.90 Å². The van der Waals surface area contributed by atoms with E-state index in [-0.39, 0.29) is 16.7 Å². The predicted octanol–water partition coefficient (Wildman–Crippen LogP) is 4.33. The third-order valence-corrected chi connectivity index (χ3v) is 8.15. The van der Waals surface area contributed by atoms with Gasteiger partial charge in [-0.1, -0.05) is 31.1 Å². The minimum Gasteiger partial charge on any atom is -0.386 e. The molecule has 0 aliphatic heterocycles. The molecule has 6 atom stereocenters. The predicted molar refractivity (Wildman–Crippen MR) is 96.4 cm³/mol. The average Bonchev–Trinajstić information content (AvgIpc) is 2.84. The molecule has 0 spiro atoms. The third kappa shape index (κ3) is 2.30. The molecule has 1 N–H and O–H groups in total. The molecule has 3 nitrogen and oxygen atoms in total. The first-order chi connectivity index (χ1) is 11.7. The summed E-state index contributed by atoms with van der Waals surface area (Å²) in [7, 11) is 0. The SMILES string of the molecule is C[C@]1(O)C=C2CC[C@@H]3[C@H](C(=O)C[C@]4(C)/C(=C\C#N)CC[C@@H]34)[C@@]2(C)CC1. The monoisotopic (exact) mass is 339 g/mol. The molecule has 134 valence electrons. The second-order valence-electron chi connectivity index (χ2n) is 9.63. The number of ketones is 1. The smallest absolute Gasteiger partial charge is 0.138 e. The van der Waals surface area contributed by atoms with Crippen LogP contribution in [0.4, 0.5) is 0 Å². The Morgan fingerprint density at radius 3 is 2.68 bits per heavy atom. The van der Waals surface area contributed by atoms with Crippen LogP contribution < -0.4 is 0 Å². The molecule has 0 aromatic rings. The first-order valence-corrected chi connectivity index (χ1v) is 9.78. The fourth-order valence-corrected chi connectivity index (χ4v) is 6.86. The first-order valence-electron chi connectivity index (χ1n) is 9.78. The number of rotatable bonds is 0. The van der Waals surface area contributed by atoms with Crippen molar-refractivity contribution in [3.63, 3.8) is 0 Å². The number of Topliss-reactive ketones (excluding diaryl/α,β-unsaturated/α-hetero) is 1. The molecular weight excluding hydrogens is 310 g/mol. The van der Waals surface area contributed by atoms with E-state index in [1.54, 1.807) is 6.08 Å². The van der Waals surface area contributed by atoms with Gasteiger partial charge < -0.3 is 5.11 Å². The molecule has 0 aromatic carbocycles. The van der Waals surface area contributed by atoms with Crippen molar-refractivity contribution in [2.45, 2.75) is 71.3 Å². The number of hydrogen-bond acceptors (Lipinski definition) is 3. The van der Waals surface area contributed by atoms with E-state index in [9.17, 15) is 9.90 Å². The molecule has 3 fully saturated rings. The second-order valence-corrected chi connectivity index (χ2v) is 9.63. The zero-order valence-corrected chi connectivity index (χ0v) is 15.6. The zero-order chi connectivity index (χ0) is 18.0. The van der Waals surface area contributed by atoms with Crippen LogP contribution in [0.1, 0.15) is 65.7 Å². The highest BCUT2D eigenvalue weighted by atomic mass is 16.3. The summed E-state index contributed by atoms with van der Waals surface area (Å²) in [4.78, 5) is 13.3. The van der Waals surface area contributed by atoms with E-state index in [2.05, 4.69) is 26.0 Å². The van der Waals surface area contributed by atoms with Crippen LogP contribution in [0.25, 0.3) is 0 Å². The van der Waals surface area contributed by atoms with Crippen LogP contribution >= 0.6 is 0 Å². The Bertz CT molecular complexity index is 725. The summed E-state index contributed by atoms with van der Waals surface area (Å²) in [5.74, 6) is 1.45. The largest absolute Gasteiger partial charge is 0.386 e. The molecule has 0 heterocycles. The number of carbonyl (C=O) groups excluding carboxylic acids is 1. The topological polar surface area (TPSA) is 61.1 Å². The number of hydrogen-bond donors (Lipinski definition) is 1. The molecule has 4 rings (SSSR count). The molecule has 3 saturated carbocycles. The van der Waals surface area contributed by atoms with E-state index in [4.69, 9.17) is 5.26 Å². The normalized spacial score (nSPS) is 50.5. The van der Waals surface area contributed by atoms with Crippen molar-refractivity contribution in [3.05, 3.63) is 23.3 Å². The number of nitrogens with zero attached hydrogens (tertiary/aromatic N) is 1. The van der Waals surface area contributed by atoms with Gasteiger partial charge in [-0.25, -0.2) is 0 Å². The lowest BCUT2D eigenvalue weighted by atomic mass is 9.46. The van der Waals surface area contributed by atoms with Crippen LogP contribution in [0.3, 0.4) is 0 Å². The summed E-state index contributed by atoms with van der Waals surface area (Å²) < 4.78 is 0. The van der Waals surface area contributed by atoms with Crippen molar-refractivity contribution in [1.82, 2.24) is 0 Å². The van der Waals surface area contributed by atoms with Gasteiger partial charge in [0.1, 0.15) is 5.78 Å². The molecule has 0 unspecified atom stereocenters. The lowest BCUT2D eigenvalue weighted by Gasteiger charge is -2.57. The Labute approximate surface area is 150 Å². The van der Waals surface area contributed by atoms with Crippen molar-refractivity contribution in [2.75, 3.05) is 0 Å². The number of aliphatic hydroxyl groups is 1. The lowest BCUT2D eigenvalue weighted by molar-refractivity contribution is -0.142. The van der Waals surface area contributed by atoms with Gasteiger partial charge in [0.25, 0.3) is 0 Å². The standard InChI is InChI=1S/C22H29NO2/c1-20(25)9-10-21(2)15(12-20)4-6-16-17-7-5-14(8-11-23)22(17,3)13-18(24)19(16)21/h8,12,16-17,19,25H,4-7,9-10,13H2,1-3H3/b14-8-/t16-,17-,19+,20+,21-,22+/m0/s1. The molecule has 0 saturated heterocycles. The van der Waals surface area contributed by atoms with Crippen LogP contribution in [0.2, 0.25) is 0 Å². The number of carbonyl (C=O) groups is 1. The summed E-state index contributed by atoms with van der Waals surface area (Å²) in [6.45, 7) is 6.38. The summed E-state index contributed by atoms with van der Waals surface area (Å²) in [5, 5.41) is 19.6. The van der Waals surface area contributed by atoms with Crippen LogP contribution in [0.15, 0.2) is 23.3 Å². The van der Waals surface area contributed by atoms with E-state index in [0.29, 0.717) is 24.0 Å². The minimum atomic E-state index is -0.718. The summed E-state index contributed by atoms with van der Waals surface area (Å²) >= 11 is 0. The number of fused-ring (bicyclic) bond motifs is 5. The van der Waals surface area contributed by atoms with Gasteiger partial charge in [-0.15, -0.1) is 0 Å². The van der Waals surface area contributed by atoms with Crippen molar-refractivity contribution in [3.8, 4) is 6.07 Å². The van der Waals surface area contributed by atoms with Gasteiger partial charge in [0, 0.05) is 18.4 Å². The van der Waals surface area contributed by atoms with Gasteiger partial charge in [0.15, 0.2) is 0 Å². The average molecular weight is 339 g/mol. The molecule has 0 aromatic heterocycles. The lowest BCUT2D eigenvalue weighted by Crippen LogP contribution is -2.54. The molecular formula is C22H29NO2. The van der Waals surface area contributed by atoms with Crippen molar-refractivity contribution in [1.29, 1.82) is 5.26 Å². The van der Waals surface area contributed by atoms with Gasteiger partial charge in [-0.05, 0) is 68.1 Å². The van der Waals surface area contributed by atoms with Crippen LogP contribution in [-0.2, 0) is 4.79 Å². The minimum absolute atomic E-state index is 0.0781. The first kappa shape index (κ1) is 17.0. The van der Waals surface area contributed by atoms with Crippen LogP contribution in [-0.4, -0.2) is 16.5 Å². The molecule has 4 aliphatic carbocycles. The van der Waals surface area contributed by atoms with E-state index in [1.807, 2.05) is 6.92 Å². The molecule has 3 heteroatoms. The Morgan fingerprint density at radius 1 is 1.20 bits per heavy atom. The van der Waals surface area contributed by atoms with Gasteiger partial charge >= 0.3 is 0 Å². The maximum Gasteiger partial charge on any atom is 0.138 e. The molecule has 4 aliphatic rings. The van der Waals surface area contributed by atoms with Gasteiger partial charge in [0.2, 0.25) is 0 Å². The molecule has 0 radical (unpaired) electrons. The highest BCUT2D eigenvalue weighted by molar-refractivity contribution is 5.85. The van der Waals surface area contributed by atoms with Crippen LogP contribution in [0, 0.1) is 39.9 Å². The highest BCUT2D eigenvalue weighted by Crippen LogP contribution is 2.65. The number of allylic oxidation sites excluding steroid dienone is 3. The fraction of sp³-hybridized carbons (Fsp3) is 0.727. The second kappa shape index (κ2) is 5.30. The quantitative estimate of drug-likeness (QED) is 0.528.